The number of benzene rings is 2. The van der Waals surface area contributed by atoms with Gasteiger partial charge in [-0.05, 0) is 42.0 Å². The minimum absolute atomic E-state index is 0.362. The number of hydrogen-bond acceptors (Lipinski definition) is 8. The van der Waals surface area contributed by atoms with E-state index in [1.54, 1.807) is 19.2 Å². The zero-order valence-electron chi connectivity index (χ0n) is 16.6. The summed E-state index contributed by atoms with van der Waals surface area (Å²) < 4.78 is 20.3. The molecule has 158 valence electrons. The summed E-state index contributed by atoms with van der Waals surface area (Å²) in [6.45, 7) is 2.06. The fraction of sp³-hybridized carbons (Fsp3) is 0.333. The van der Waals surface area contributed by atoms with Crippen molar-refractivity contribution in [3.63, 3.8) is 0 Å². The number of ether oxygens (including phenoxy) is 4. The second kappa shape index (κ2) is 11.0. The minimum Gasteiger partial charge on any atom is -0.491 e. The lowest BCUT2D eigenvalue weighted by Gasteiger charge is -2.07. The Bertz CT molecular complexity index is 867. The molecule has 9 heteroatoms. The van der Waals surface area contributed by atoms with Crippen LogP contribution in [0, 0.1) is 0 Å². The summed E-state index contributed by atoms with van der Waals surface area (Å²) in [5.41, 5.74) is 2.25. The van der Waals surface area contributed by atoms with E-state index in [1.165, 1.54) is 0 Å². The summed E-state index contributed by atoms with van der Waals surface area (Å²) in [4.78, 5) is 22.5. The standard InChI is InChI=1S/C21H23N3O6/c1-27-10-11-28-12-13-29-18-8-6-17(7-9-18)24-23-16-4-2-15(3-5-16)14-19-20(25)30-21(26)22-19/h2-9,19H,10-14H2,1H3,(H,22,26). The molecule has 1 atom stereocenters. The highest BCUT2D eigenvalue weighted by molar-refractivity contribution is 5.95. The number of nitrogens with zero attached hydrogens (tertiary/aromatic N) is 2. The van der Waals surface area contributed by atoms with Crippen molar-refractivity contribution >= 4 is 23.4 Å². The summed E-state index contributed by atoms with van der Waals surface area (Å²) >= 11 is 0. The molecule has 1 saturated heterocycles. The molecule has 0 aromatic heterocycles. The van der Waals surface area contributed by atoms with E-state index in [0.717, 1.165) is 11.3 Å². The van der Waals surface area contributed by atoms with Gasteiger partial charge in [-0.2, -0.15) is 10.2 Å². The van der Waals surface area contributed by atoms with Crippen molar-refractivity contribution in [2.45, 2.75) is 12.5 Å². The molecule has 2 aromatic carbocycles. The number of azo groups is 1. The van der Waals surface area contributed by atoms with Gasteiger partial charge in [-0.25, -0.2) is 9.59 Å². The normalized spacial score (nSPS) is 16.0. The number of alkyl carbamates (subject to hydrolysis) is 1. The first-order valence-corrected chi connectivity index (χ1v) is 9.46. The Morgan fingerprint density at radius 2 is 1.53 bits per heavy atom. The molecule has 0 saturated carbocycles. The summed E-state index contributed by atoms with van der Waals surface area (Å²) in [6.07, 6.45) is -0.344. The van der Waals surface area contributed by atoms with Crippen LogP contribution in [-0.4, -0.2) is 51.6 Å². The monoisotopic (exact) mass is 413 g/mol. The Labute approximate surface area is 174 Å². The first-order valence-electron chi connectivity index (χ1n) is 9.46. The van der Waals surface area contributed by atoms with Gasteiger partial charge in [-0.3, -0.25) is 0 Å². The molecule has 3 rings (SSSR count). The molecule has 2 aromatic rings. The molecule has 0 spiro atoms. The molecule has 1 N–H and O–H groups in total. The predicted molar refractivity (Wildman–Crippen MR) is 107 cm³/mol. The summed E-state index contributed by atoms with van der Waals surface area (Å²) in [7, 11) is 1.63. The van der Waals surface area contributed by atoms with Gasteiger partial charge in [-0.1, -0.05) is 12.1 Å². The molecule has 1 fully saturated rings. The lowest BCUT2D eigenvalue weighted by molar-refractivity contribution is -0.135. The van der Waals surface area contributed by atoms with Gasteiger partial charge < -0.3 is 24.3 Å². The molecule has 1 aliphatic rings. The van der Waals surface area contributed by atoms with Crippen molar-refractivity contribution in [2.24, 2.45) is 10.2 Å². The molecule has 0 bridgehead atoms. The van der Waals surface area contributed by atoms with Gasteiger partial charge >= 0.3 is 12.1 Å². The van der Waals surface area contributed by atoms with E-state index in [1.807, 2.05) is 36.4 Å². The van der Waals surface area contributed by atoms with Crippen LogP contribution in [0.4, 0.5) is 16.2 Å². The number of carbonyl (C=O) groups excluding carboxylic acids is 2. The number of methoxy groups -OCH3 is 1. The lowest BCUT2D eigenvalue weighted by Crippen LogP contribution is -2.30. The first kappa shape index (κ1) is 21.4. The highest BCUT2D eigenvalue weighted by atomic mass is 16.6. The molecule has 30 heavy (non-hydrogen) atoms. The van der Waals surface area contributed by atoms with Gasteiger partial charge in [0.2, 0.25) is 0 Å². The predicted octanol–water partition coefficient (Wildman–Crippen LogP) is 3.32. The minimum atomic E-state index is -0.706. The van der Waals surface area contributed by atoms with Crippen LogP contribution in [0.25, 0.3) is 0 Å². The number of cyclic esters (lactones) is 2. The Morgan fingerprint density at radius 3 is 2.13 bits per heavy atom. The van der Waals surface area contributed by atoms with Gasteiger partial charge in [-0.15, -0.1) is 0 Å². The van der Waals surface area contributed by atoms with E-state index in [0.29, 0.717) is 44.2 Å². The van der Waals surface area contributed by atoms with Crippen LogP contribution < -0.4 is 10.1 Å². The number of hydrogen-bond donors (Lipinski definition) is 1. The van der Waals surface area contributed by atoms with Crippen LogP contribution in [0.15, 0.2) is 58.8 Å². The number of esters is 1. The van der Waals surface area contributed by atoms with Gasteiger partial charge in [0.05, 0.1) is 31.2 Å². The summed E-state index contributed by atoms with van der Waals surface area (Å²) in [6, 6.07) is 13.9. The van der Waals surface area contributed by atoms with Crippen molar-refractivity contribution < 1.29 is 28.5 Å². The number of carbonyl (C=O) groups is 2. The smallest absolute Gasteiger partial charge is 0.415 e. The lowest BCUT2D eigenvalue weighted by atomic mass is 10.1. The van der Waals surface area contributed by atoms with Crippen molar-refractivity contribution in [3.05, 3.63) is 54.1 Å². The largest absolute Gasteiger partial charge is 0.491 e. The van der Waals surface area contributed by atoms with Crippen LogP contribution in [0.3, 0.4) is 0 Å². The zero-order valence-corrected chi connectivity index (χ0v) is 16.6. The van der Waals surface area contributed by atoms with E-state index < -0.39 is 18.1 Å². The average molecular weight is 413 g/mol. The van der Waals surface area contributed by atoms with Crippen LogP contribution in [-0.2, 0) is 25.4 Å². The van der Waals surface area contributed by atoms with Crippen LogP contribution in [0.5, 0.6) is 5.75 Å². The SMILES string of the molecule is COCCOCCOc1ccc(N=Nc2ccc(CC3NC(=O)OC3=O)cc2)cc1. The Balaban J connectivity index is 1.45. The number of nitrogens with one attached hydrogen (secondary N) is 1. The van der Waals surface area contributed by atoms with E-state index in [9.17, 15) is 9.59 Å². The highest BCUT2D eigenvalue weighted by Crippen LogP contribution is 2.22. The molecule has 1 amide bonds. The second-order valence-corrected chi connectivity index (χ2v) is 6.42. The van der Waals surface area contributed by atoms with Crippen molar-refractivity contribution in [1.29, 1.82) is 0 Å². The maximum atomic E-state index is 11.5. The highest BCUT2D eigenvalue weighted by Gasteiger charge is 2.32. The maximum Gasteiger partial charge on any atom is 0.415 e. The van der Waals surface area contributed by atoms with Crippen LogP contribution in [0.2, 0.25) is 0 Å². The Hall–Kier alpha value is -3.30. The van der Waals surface area contributed by atoms with Crippen molar-refractivity contribution in [1.82, 2.24) is 5.32 Å². The Morgan fingerprint density at radius 1 is 0.900 bits per heavy atom. The maximum absolute atomic E-state index is 11.5. The second-order valence-electron chi connectivity index (χ2n) is 6.42. The number of amides is 1. The third-order valence-corrected chi connectivity index (χ3v) is 4.19. The van der Waals surface area contributed by atoms with E-state index in [2.05, 4.69) is 20.3 Å². The van der Waals surface area contributed by atoms with Gasteiger partial charge in [0.15, 0.2) is 0 Å². The summed E-state index contributed by atoms with van der Waals surface area (Å²) in [5, 5.41) is 10.9. The fourth-order valence-corrected chi connectivity index (χ4v) is 2.65. The third kappa shape index (κ3) is 6.64. The molecule has 1 unspecified atom stereocenters. The van der Waals surface area contributed by atoms with Gasteiger partial charge in [0.1, 0.15) is 18.4 Å². The average Bonchev–Trinajstić information content (AvgIpc) is 3.07. The van der Waals surface area contributed by atoms with Crippen molar-refractivity contribution in [3.8, 4) is 5.75 Å². The molecular weight excluding hydrogens is 390 g/mol. The van der Waals surface area contributed by atoms with Gasteiger partial charge in [0, 0.05) is 13.5 Å². The van der Waals surface area contributed by atoms with E-state index in [4.69, 9.17) is 14.2 Å². The summed E-state index contributed by atoms with van der Waals surface area (Å²) in [5.74, 6) is 0.168. The quantitative estimate of drug-likeness (QED) is 0.262. The van der Waals surface area contributed by atoms with Crippen LogP contribution >= 0.6 is 0 Å². The molecule has 9 nitrogen and oxygen atoms in total. The third-order valence-electron chi connectivity index (χ3n) is 4.19. The van der Waals surface area contributed by atoms with Gasteiger partial charge in [0.25, 0.3) is 0 Å². The molecule has 1 heterocycles. The fourth-order valence-electron chi connectivity index (χ4n) is 2.65. The van der Waals surface area contributed by atoms with E-state index in [-0.39, 0.29) is 0 Å². The van der Waals surface area contributed by atoms with Crippen LogP contribution in [0.1, 0.15) is 5.56 Å². The topological polar surface area (TPSA) is 108 Å². The van der Waals surface area contributed by atoms with Crippen molar-refractivity contribution in [2.75, 3.05) is 33.5 Å². The molecule has 0 radical (unpaired) electrons. The zero-order chi connectivity index (χ0) is 21.2. The molecule has 1 aliphatic heterocycles. The number of rotatable bonds is 11. The Kier molecular flexibility index (Phi) is 7.87. The molecule has 0 aliphatic carbocycles. The molecular formula is C21H23N3O6. The first-order chi connectivity index (χ1) is 14.6. The van der Waals surface area contributed by atoms with E-state index >= 15 is 0 Å².